The van der Waals surface area contributed by atoms with Crippen LogP contribution >= 0.6 is 0 Å². The van der Waals surface area contributed by atoms with Gasteiger partial charge in [0.25, 0.3) is 15.2 Å². The van der Waals surface area contributed by atoms with E-state index in [1.165, 1.54) is 0 Å². The highest BCUT2D eigenvalue weighted by molar-refractivity contribution is 7.89. The van der Waals surface area contributed by atoms with E-state index in [2.05, 4.69) is 15.1 Å². The van der Waals surface area contributed by atoms with E-state index in [1.807, 2.05) is 0 Å². The minimum atomic E-state index is -4.72. The molecule has 0 amide bonds. The van der Waals surface area contributed by atoms with E-state index >= 15 is 0 Å². The van der Waals surface area contributed by atoms with Crippen LogP contribution in [-0.4, -0.2) is 18.4 Å². The summed E-state index contributed by atoms with van der Waals surface area (Å²) < 4.78 is 57.3. The quantitative estimate of drug-likeness (QED) is 0.691. The number of primary sulfonamides is 1. The fraction of sp³-hybridized carbons (Fsp3) is 0.200. The number of sulfonamides is 1. The van der Waals surface area contributed by atoms with Crippen molar-refractivity contribution in [2.75, 3.05) is 0 Å². The number of halogens is 3. The molecule has 0 unspecified atom stereocenters. The van der Waals surface area contributed by atoms with Gasteiger partial charge in [0.1, 0.15) is 5.69 Å². The predicted molar refractivity (Wildman–Crippen MR) is 38.4 cm³/mol. The summed E-state index contributed by atoms with van der Waals surface area (Å²) in [5, 5.41) is 3.50. The summed E-state index contributed by atoms with van der Waals surface area (Å²) in [6.07, 6.45) is -4.04. The molecule has 0 saturated heterocycles. The third-order valence-electron chi connectivity index (χ3n) is 1.18. The highest BCUT2D eigenvalue weighted by Gasteiger charge is 2.33. The predicted octanol–water partition coefficient (Wildman–Crippen LogP) is 0.143. The Labute approximate surface area is 76.8 Å². The average molecular weight is 227 g/mol. The lowest BCUT2D eigenvalue weighted by Gasteiger charge is -2.05. The Bertz CT molecular complexity index is 442. The summed E-state index contributed by atoms with van der Waals surface area (Å²) >= 11 is 0. The van der Waals surface area contributed by atoms with Crippen LogP contribution in [0, 0.1) is 0 Å². The molecule has 0 aromatic carbocycles. The van der Waals surface area contributed by atoms with Gasteiger partial charge in [-0.1, -0.05) is 0 Å². The van der Waals surface area contributed by atoms with Gasteiger partial charge in [-0.2, -0.15) is 13.2 Å². The molecule has 2 N–H and O–H groups in total. The van der Waals surface area contributed by atoms with Crippen molar-refractivity contribution in [3.05, 3.63) is 18.0 Å². The van der Waals surface area contributed by atoms with Crippen molar-refractivity contribution in [1.29, 1.82) is 0 Å². The Morgan fingerprint density at radius 2 is 1.93 bits per heavy atom. The van der Waals surface area contributed by atoms with Crippen molar-refractivity contribution in [2.24, 2.45) is 5.14 Å². The number of nitrogens with zero attached hydrogens (tertiary/aromatic N) is 2. The zero-order valence-corrected chi connectivity index (χ0v) is 7.30. The summed E-state index contributed by atoms with van der Waals surface area (Å²) in [7, 11) is -4.31. The van der Waals surface area contributed by atoms with Crippen LogP contribution in [0.25, 0.3) is 0 Å². The van der Waals surface area contributed by atoms with Crippen LogP contribution in [0.4, 0.5) is 13.2 Å². The summed E-state index contributed by atoms with van der Waals surface area (Å²) in [5.41, 5.74) is -1.35. The molecule has 1 rings (SSSR count). The summed E-state index contributed by atoms with van der Waals surface area (Å²) in [6, 6.07) is 0.550. The van der Waals surface area contributed by atoms with Crippen LogP contribution in [0.5, 0.6) is 0 Å². The Morgan fingerprint density at radius 1 is 1.36 bits per heavy atom. The smallest absolute Gasteiger partial charge is 0.226 e. The molecule has 0 aliphatic heterocycles. The Balaban J connectivity index is 3.29. The fourth-order valence-electron chi connectivity index (χ4n) is 0.636. The van der Waals surface area contributed by atoms with Crippen LogP contribution in [0.1, 0.15) is 5.69 Å². The van der Waals surface area contributed by atoms with Crippen molar-refractivity contribution >= 4 is 10.0 Å². The number of hydrogen-bond donors (Lipinski definition) is 1. The van der Waals surface area contributed by atoms with Gasteiger partial charge in [-0.3, -0.25) is 0 Å². The molecule has 9 heteroatoms. The molecule has 0 saturated carbocycles. The van der Waals surface area contributed by atoms with Crippen LogP contribution in [-0.2, 0) is 16.2 Å². The Hall–Kier alpha value is -1.22. The van der Waals surface area contributed by atoms with Crippen molar-refractivity contribution in [3.63, 3.8) is 0 Å². The number of rotatable bonds is 1. The molecule has 14 heavy (non-hydrogen) atoms. The van der Waals surface area contributed by atoms with Gasteiger partial charge in [0, 0.05) is 6.20 Å². The number of nitrogens with two attached hydrogens (primary N) is 1. The highest BCUT2D eigenvalue weighted by atomic mass is 32.2. The molecule has 1 aromatic rings. The van der Waals surface area contributed by atoms with Gasteiger partial charge >= 0.3 is 6.18 Å². The van der Waals surface area contributed by atoms with Gasteiger partial charge in [-0.05, 0) is 6.07 Å². The second-order valence-corrected chi connectivity index (χ2v) is 3.72. The molecule has 0 atom stereocenters. The standard InChI is InChI=1S/C5H4F3N3O2S/c6-5(7,8)3-1-2-10-4(11-3)14(9,12)13/h1-2H,(H2,9,12,13). The normalized spacial score (nSPS) is 12.9. The van der Waals surface area contributed by atoms with Crippen molar-refractivity contribution in [2.45, 2.75) is 11.3 Å². The molecule has 0 radical (unpaired) electrons. The maximum atomic E-state index is 12.0. The first kappa shape index (κ1) is 10.9. The van der Waals surface area contributed by atoms with Gasteiger partial charge in [0.05, 0.1) is 0 Å². The maximum absolute atomic E-state index is 12.0. The molecule has 0 spiro atoms. The van der Waals surface area contributed by atoms with Crippen LogP contribution in [0.15, 0.2) is 17.4 Å². The zero-order valence-electron chi connectivity index (χ0n) is 6.49. The third-order valence-corrected chi connectivity index (χ3v) is 1.88. The minimum absolute atomic E-state index is 0.550. The van der Waals surface area contributed by atoms with Gasteiger partial charge in [-0.15, -0.1) is 0 Å². The Morgan fingerprint density at radius 3 is 2.36 bits per heavy atom. The second-order valence-electron chi connectivity index (χ2n) is 2.27. The van der Waals surface area contributed by atoms with E-state index in [1.54, 1.807) is 0 Å². The second kappa shape index (κ2) is 3.17. The Kier molecular flexibility index (Phi) is 2.46. The lowest BCUT2D eigenvalue weighted by molar-refractivity contribution is -0.141. The maximum Gasteiger partial charge on any atom is 0.433 e. The number of aromatic nitrogens is 2. The topological polar surface area (TPSA) is 85.9 Å². The van der Waals surface area contributed by atoms with E-state index < -0.39 is 27.0 Å². The molecule has 0 fully saturated rings. The van der Waals surface area contributed by atoms with Crippen LogP contribution < -0.4 is 5.14 Å². The fourth-order valence-corrected chi connectivity index (χ4v) is 1.07. The molecule has 0 bridgehead atoms. The third kappa shape index (κ3) is 2.39. The molecule has 0 aliphatic rings. The molecular formula is C5H4F3N3O2S. The summed E-state index contributed by atoms with van der Waals surface area (Å²) in [6.45, 7) is 0. The monoisotopic (exact) mass is 227 g/mol. The van der Waals surface area contributed by atoms with E-state index in [4.69, 9.17) is 0 Å². The molecule has 1 aromatic heterocycles. The SMILES string of the molecule is NS(=O)(=O)c1nccc(C(F)(F)F)n1. The molecular weight excluding hydrogens is 223 g/mol. The van der Waals surface area contributed by atoms with Crippen molar-refractivity contribution < 1.29 is 21.6 Å². The molecule has 1 heterocycles. The first-order valence-corrected chi connectivity index (χ1v) is 4.69. The van der Waals surface area contributed by atoms with Gasteiger partial charge in [0.15, 0.2) is 0 Å². The van der Waals surface area contributed by atoms with Crippen LogP contribution in [0.3, 0.4) is 0 Å². The molecule has 0 aliphatic carbocycles. The van der Waals surface area contributed by atoms with Crippen molar-refractivity contribution in [3.8, 4) is 0 Å². The van der Waals surface area contributed by atoms with E-state index in [0.29, 0.717) is 12.3 Å². The summed E-state index contributed by atoms with van der Waals surface area (Å²) in [4.78, 5) is 5.87. The lowest BCUT2D eigenvalue weighted by Crippen LogP contribution is -2.18. The zero-order chi connectivity index (χ0) is 11.0. The van der Waals surface area contributed by atoms with E-state index in [9.17, 15) is 21.6 Å². The van der Waals surface area contributed by atoms with E-state index in [0.717, 1.165) is 0 Å². The first-order valence-electron chi connectivity index (χ1n) is 3.14. The first-order chi connectivity index (χ1) is 6.21. The van der Waals surface area contributed by atoms with Crippen LogP contribution in [0.2, 0.25) is 0 Å². The number of hydrogen-bond acceptors (Lipinski definition) is 4. The van der Waals surface area contributed by atoms with Gasteiger partial charge in [0.2, 0.25) is 0 Å². The minimum Gasteiger partial charge on any atom is -0.226 e. The highest BCUT2D eigenvalue weighted by Crippen LogP contribution is 2.27. The molecule has 5 nitrogen and oxygen atoms in total. The van der Waals surface area contributed by atoms with E-state index in [-0.39, 0.29) is 0 Å². The van der Waals surface area contributed by atoms with Gasteiger partial charge in [-0.25, -0.2) is 23.5 Å². The lowest BCUT2D eigenvalue weighted by atomic mass is 10.4. The largest absolute Gasteiger partial charge is 0.433 e. The summed E-state index contributed by atoms with van der Waals surface area (Å²) in [5.74, 6) is 0. The van der Waals surface area contributed by atoms with Crippen molar-refractivity contribution in [1.82, 2.24) is 9.97 Å². The number of alkyl halides is 3. The molecule has 78 valence electrons. The average Bonchev–Trinajstić information content (AvgIpc) is 2.01. The van der Waals surface area contributed by atoms with Gasteiger partial charge < -0.3 is 0 Å².